The average molecular weight is 437 g/mol. The van der Waals surface area contributed by atoms with Gasteiger partial charge >= 0.3 is 0 Å². The van der Waals surface area contributed by atoms with Crippen LogP contribution in [0.5, 0.6) is 0 Å². The third kappa shape index (κ3) is 6.11. The van der Waals surface area contributed by atoms with E-state index in [1.807, 2.05) is 0 Å². The number of nitrogens with zero attached hydrogens (tertiary/aromatic N) is 2. The summed E-state index contributed by atoms with van der Waals surface area (Å²) < 4.78 is 7.01. The molecule has 0 atom stereocenters. The van der Waals surface area contributed by atoms with Crippen LogP contribution in [-0.2, 0) is 17.8 Å². The molecule has 32 heavy (non-hydrogen) atoms. The molecule has 6 nitrogen and oxygen atoms in total. The monoisotopic (exact) mass is 436 g/mol. The van der Waals surface area contributed by atoms with Crippen molar-refractivity contribution in [1.82, 2.24) is 14.8 Å². The maximum absolute atomic E-state index is 12.5. The smallest absolute Gasteiger partial charge is 0.251 e. The number of piperidine rings is 1. The number of hydrogen-bond acceptors (Lipinski definition) is 5. The number of aromatic nitrogens is 1. The molecular formula is C26H36N4O2. The van der Waals surface area contributed by atoms with Gasteiger partial charge in [-0.05, 0) is 68.6 Å². The summed E-state index contributed by atoms with van der Waals surface area (Å²) >= 11 is 0. The van der Waals surface area contributed by atoms with Crippen molar-refractivity contribution < 1.29 is 4.74 Å². The van der Waals surface area contributed by atoms with Gasteiger partial charge in [0.1, 0.15) is 5.76 Å². The molecule has 1 aliphatic heterocycles. The van der Waals surface area contributed by atoms with Crippen LogP contribution in [0.15, 0.2) is 53.5 Å². The number of allylic oxidation sites excluding steroid dienone is 1. The molecule has 2 aromatic rings. The first-order chi connectivity index (χ1) is 15.4. The molecule has 0 saturated carbocycles. The lowest BCUT2D eigenvalue weighted by atomic mass is 10.0. The molecule has 1 fully saturated rings. The van der Waals surface area contributed by atoms with Gasteiger partial charge in [0.15, 0.2) is 0 Å². The van der Waals surface area contributed by atoms with Crippen molar-refractivity contribution in [2.45, 2.75) is 45.8 Å². The summed E-state index contributed by atoms with van der Waals surface area (Å²) in [5.41, 5.74) is 11.3. The first-order valence-electron chi connectivity index (χ1n) is 11.3. The number of hydrogen-bond donors (Lipinski definition) is 2. The van der Waals surface area contributed by atoms with E-state index in [4.69, 9.17) is 10.5 Å². The highest BCUT2D eigenvalue weighted by Crippen LogP contribution is 2.16. The molecule has 0 aliphatic carbocycles. The van der Waals surface area contributed by atoms with E-state index in [1.54, 1.807) is 29.9 Å². The molecule has 1 aliphatic rings. The minimum Gasteiger partial charge on any atom is -0.497 e. The van der Waals surface area contributed by atoms with Gasteiger partial charge in [0.25, 0.3) is 5.56 Å². The van der Waals surface area contributed by atoms with Crippen molar-refractivity contribution in [3.63, 3.8) is 0 Å². The van der Waals surface area contributed by atoms with Gasteiger partial charge in [0.2, 0.25) is 0 Å². The molecule has 3 rings (SSSR count). The standard InChI is InChI=1S/C26H36N4O2/c1-5-23(32-4)17-25-24(27)8-9-26(31)30(25)15-14-29-12-10-22(11-13-29)28-18-21-7-6-19(2)20(3)16-21/h5-9,16-17,22,28H,1,10-15,18,27H2,2-4H3/b23-17+. The first kappa shape index (κ1) is 23.8. The van der Waals surface area contributed by atoms with Crippen LogP contribution in [0.3, 0.4) is 0 Å². The highest BCUT2D eigenvalue weighted by Gasteiger charge is 2.19. The van der Waals surface area contributed by atoms with Gasteiger partial charge in [-0.2, -0.15) is 0 Å². The van der Waals surface area contributed by atoms with Crippen molar-refractivity contribution in [2.24, 2.45) is 0 Å². The number of nitrogens with one attached hydrogen (secondary N) is 1. The number of rotatable bonds is 9. The van der Waals surface area contributed by atoms with Crippen molar-refractivity contribution in [1.29, 1.82) is 0 Å². The quantitative estimate of drug-likeness (QED) is 0.465. The zero-order valence-electron chi connectivity index (χ0n) is 19.6. The second-order valence-corrected chi connectivity index (χ2v) is 8.53. The number of benzene rings is 1. The van der Waals surface area contributed by atoms with Crippen LogP contribution in [0.1, 0.15) is 35.2 Å². The minimum atomic E-state index is -0.0603. The van der Waals surface area contributed by atoms with Gasteiger partial charge in [0.05, 0.1) is 18.5 Å². The summed E-state index contributed by atoms with van der Waals surface area (Å²) in [5.74, 6) is 0.576. The Hall–Kier alpha value is -2.83. The number of ether oxygens (including phenoxy) is 1. The number of likely N-dealkylation sites (tertiary alicyclic amines) is 1. The Kier molecular flexibility index (Phi) is 8.31. The molecule has 0 bridgehead atoms. The summed E-state index contributed by atoms with van der Waals surface area (Å²) in [4.78, 5) is 14.9. The minimum absolute atomic E-state index is 0.0603. The van der Waals surface area contributed by atoms with Crippen molar-refractivity contribution in [3.8, 4) is 0 Å². The van der Waals surface area contributed by atoms with Gasteiger partial charge in [-0.25, -0.2) is 0 Å². The molecule has 0 radical (unpaired) electrons. The highest BCUT2D eigenvalue weighted by molar-refractivity contribution is 5.63. The van der Waals surface area contributed by atoms with Crippen LogP contribution < -0.4 is 16.6 Å². The molecule has 2 heterocycles. The second kappa shape index (κ2) is 11.2. The fourth-order valence-corrected chi connectivity index (χ4v) is 4.12. The van der Waals surface area contributed by atoms with Gasteiger partial charge in [-0.3, -0.25) is 4.79 Å². The van der Waals surface area contributed by atoms with E-state index in [0.29, 0.717) is 29.7 Å². The average Bonchev–Trinajstić information content (AvgIpc) is 2.80. The number of methoxy groups -OCH3 is 1. The first-order valence-corrected chi connectivity index (χ1v) is 11.3. The number of nitrogen functional groups attached to an aromatic ring is 1. The summed E-state index contributed by atoms with van der Waals surface area (Å²) in [5, 5.41) is 3.71. The summed E-state index contributed by atoms with van der Waals surface area (Å²) in [6.45, 7) is 12.4. The van der Waals surface area contributed by atoms with Crippen LogP contribution in [0.2, 0.25) is 0 Å². The molecule has 3 N–H and O–H groups in total. The van der Waals surface area contributed by atoms with Crippen molar-refractivity contribution in [3.05, 3.63) is 81.5 Å². The Labute approximate surface area is 191 Å². The van der Waals surface area contributed by atoms with Crippen molar-refractivity contribution >= 4 is 11.8 Å². The zero-order chi connectivity index (χ0) is 23.1. The predicted molar refractivity (Wildman–Crippen MR) is 133 cm³/mol. The van der Waals surface area contributed by atoms with Gasteiger partial charge < -0.3 is 25.3 Å². The fraction of sp³-hybridized carbons (Fsp3) is 0.423. The number of anilines is 1. The lowest BCUT2D eigenvalue weighted by Gasteiger charge is -2.32. The number of nitrogens with two attached hydrogens (primary N) is 1. The third-order valence-corrected chi connectivity index (χ3v) is 6.37. The molecule has 1 saturated heterocycles. The number of aryl methyl sites for hydroxylation is 2. The fourth-order valence-electron chi connectivity index (χ4n) is 4.12. The van der Waals surface area contributed by atoms with Crippen LogP contribution >= 0.6 is 0 Å². The van der Waals surface area contributed by atoms with E-state index in [0.717, 1.165) is 39.0 Å². The Bertz CT molecular complexity index is 1020. The van der Waals surface area contributed by atoms with Gasteiger partial charge in [-0.15, -0.1) is 0 Å². The summed E-state index contributed by atoms with van der Waals surface area (Å²) in [6.07, 6.45) is 5.59. The summed E-state index contributed by atoms with van der Waals surface area (Å²) in [6, 6.07) is 10.4. The maximum atomic E-state index is 12.5. The molecule has 6 heteroatoms. The molecular weight excluding hydrogens is 400 g/mol. The molecule has 0 amide bonds. The van der Waals surface area contributed by atoms with Crippen LogP contribution in [0, 0.1) is 13.8 Å². The Balaban J connectivity index is 1.54. The molecule has 1 aromatic carbocycles. The topological polar surface area (TPSA) is 72.5 Å². The lowest BCUT2D eigenvalue weighted by Crippen LogP contribution is -2.43. The maximum Gasteiger partial charge on any atom is 0.251 e. The van der Waals surface area contributed by atoms with Crippen molar-refractivity contribution in [2.75, 3.05) is 32.5 Å². The van der Waals surface area contributed by atoms with Gasteiger partial charge in [-0.1, -0.05) is 24.8 Å². The predicted octanol–water partition coefficient (Wildman–Crippen LogP) is 3.47. The molecule has 1 aromatic heterocycles. The Morgan fingerprint density at radius 1 is 1.19 bits per heavy atom. The van der Waals surface area contributed by atoms with Gasteiger partial charge in [0, 0.05) is 37.8 Å². The van der Waals surface area contributed by atoms with Crippen LogP contribution in [0.4, 0.5) is 5.69 Å². The lowest BCUT2D eigenvalue weighted by molar-refractivity contribution is 0.190. The molecule has 172 valence electrons. The molecule has 0 spiro atoms. The van der Waals surface area contributed by atoms with Crippen LogP contribution in [0.25, 0.3) is 6.08 Å². The van der Waals surface area contributed by atoms with E-state index < -0.39 is 0 Å². The third-order valence-electron chi connectivity index (χ3n) is 6.37. The Morgan fingerprint density at radius 2 is 1.94 bits per heavy atom. The van der Waals surface area contributed by atoms with E-state index in [-0.39, 0.29) is 5.56 Å². The number of pyridine rings is 1. The van der Waals surface area contributed by atoms with Crippen LogP contribution in [-0.4, -0.2) is 42.3 Å². The van der Waals surface area contributed by atoms with E-state index in [1.165, 1.54) is 22.8 Å². The largest absolute Gasteiger partial charge is 0.497 e. The SMILES string of the molecule is C=C/C(=C\c1c(N)ccc(=O)n1CCN1CCC(NCc2ccc(C)c(C)c2)CC1)OC. The zero-order valence-corrected chi connectivity index (χ0v) is 19.6. The second-order valence-electron chi connectivity index (χ2n) is 8.53. The van der Waals surface area contributed by atoms with E-state index >= 15 is 0 Å². The van der Waals surface area contributed by atoms with E-state index in [2.05, 4.69) is 48.8 Å². The Morgan fingerprint density at radius 3 is 2.59 bits per heavy atom. The highest BCUT2D eigenvalue weighted by atomic mass is 16.5. The van der Waals surface area contributed by atoms with E-state index in [9.17, 15) is 4.79 Å². The summed E-state index contributed by atoms with van der Waals surface area (Å²) in [7, 11) is 1.58. The normalized spacial score (nSPS) is 15.7. The molecule has 0 unspecified atom stereocenters.